The van der Waals surface area contributed by atoms with Crippen molar-refractivity contribution >= 4 is 6.72 Å². The van der Waals surface area contributed by atoms with Gasteiger partial charge in [-0.3, -0.25) is 0 Å². The number of nitrogens with one attached hydrogen (secondary N) is 1. The summed E-state index contributed by atoms with van der Waals surface area (Å²) in [7, 11) is 1.61. The number of hydrazone groups is 1. The molecule has 1 N–H and O–H groups in total. The first-order valence-electron chi connectivity index (χ1n) is 3.36. The van der Waals surface area contributed by atoms with Gasteiger partial charge in [-0.1, -0.05) is 12.0 Å². The van der Waals surface area contributed by atoms with Crippen molar-refractivity contribution in [2.75, 3.05) is 7.05 Å². The quantitative estimate of drug-likeness (QED) is 0.271. The SMILES string of the molecule is C=[N+](NN=NC)C(C)CC. The van der Waals surface area contributed by atoms with Crippen LogP contribution in [0.1, 0.15) is 20.3 Å². The van der Waals surface area contributed by atoms with Gasteiger partial charge in [0.25, 0.3) is 0 Å². The second kappa shape index (κ2) is 4.90. The van der Waals surface area contributed by atoms with Crippen molar-refractivity contribution in [2.24, 2.45) is 10.3 Å². The molecule has 1 atom stereocenters. The van der Waals surface area contributed by atoms with E-state index in [2.05, 4.69) is 36.4 Å². The summed E-state index contributed by atoms with van der Waals surface area (Å²) >= 11 is 0. The molecule has 0 aromatic heterocycles. The maximum atomic E-state index is 3.71. The van der Waals surface area contributed by atoms with Crippen molar-refractivity contribution in [3.63, 3.8) is 0 Å². The molecule has 0 aliphatic carbocycles. The van der Waals surface area contributed by atoms with Gasteiger partial charge in [0.2, 0.25) is 0 Å². The molecule has 4 nitrogen and oxygen atoms in total. The highest BCUT2D eigenvalue weighted by Crippen LogP contribution is 1.90. The number of hydrazine groups is 1. The Morgan fingerprint density at radius 2 is 2.30 bits per heavy atom. The zero-order valence-corrected chi connectivity index (χ0v) is 6.83. The fourth-order valence-corrected chi connectivity index (χ4v) is 0.421. The second-order valence-electron chi connectivity index (χ2n) is 2.13. The smallest absolute Gasteiger partial charge is 0.165 e. The highest BCUT2D eigenvalue weighted by molar-refractivity contribution is 5.14. The summed E-state index contributed by atoms with van der Waals surface area (Å²) in [6.07, 6.45) is 1.04. The third-order valence-corrected chi connectivity index (χ3v) is 1.40. The van der Waals surface area contributed by atoms with Gasteiger partial charge < -0.3 is 0 Å². The van der Waals surface area contributed by atoms with Crippen LogP contribution in [0.5, 0.6) is 0 Å². The van der Waals surface area contributed by atoms with Crippen LogP contribution in [0.25, 0.3) is 0 Å². The summed E-state index contributed by atoms with van der Waals surface area (Å²) in [6, 6.07) is 0.380. The fourth-order valence-electron chi connectivity index (χ4n) is 0.421. The minimum absolute atomic E-state index is 0.380. The standard InChI is InChI=1S/C6H15N4/c1-5-6(2)10(4)9-8-7-3/h6H,4-5H2,1-3H3,(H,7,9)/q+1. The second-order valence-corrected chi connectivity index (χ2v) is 2.13. The van der Waals surface area contributed by atoms with Gasteiger partial charge in [0.15, 0.2) is 5.22 Å². The van der Waals surface area contributed by atoms with Crippen LogP contribution < -0.4 is 5.53 Å². The van der Waals surface area contributed by atoms with E-state index in [1.54, 1.807) is 11.7 Å². The molecule has 0 amide bonds. The molecular weight excluding hydrogens is 128 g/mol. The molecule has 0 aromatic rings. The van der Waals surface area contributed by atoms with Crippen molar-refractivity contribution < 1.29 is 4.68 Å². The van der Waals surface area contributed by atoms with Crippen LogP contribution in [0.15, 0.2) is 10.3 Å². The highest BCUT2D eigenvalue weighted by atomic mass is 15.6. The maximum Gasteiger partial charge on any atom is 0.165 e. The van der Waals surface area contributed by atoms with Crippen molar-refractivity contribution in [3.05, 3.63) is 0 Å². The fraction of sp³-hybridized carbons (Fsp3) is 0.833. The topological polar surface area (TPSA) is 39.8 Å². The van der Waals surface area contributed by atoms with E-state index in [-0.39, 0.29) is 0 Å². The highest BCUT2D eigenvalue weighted by Gasteiger charge is 2.04. The molecule has 0 aliphatic heterocycles. The molecule has 58 valence electrons. The van der Waals surface area contributed by atoms with Crippen molar-refractivity contribution in [1.29, 1.82) is 0 Å². The van der Waals surface area contributed by atoms with Gasteiger partial charge in [-0.25, -0.2) is 0 Å². The van der Waals surface area contributed by atoms with E-state index in [4.69, 9.17) is 0 Å². The van der Waals surface area contributed by atoms with E-state index in [9.17, 15) is 0 Å². The van der Waals surface area contributed by atoms with Crippen LogP contribution in [0, 0.1) is 0 Å². The number of rotatable bonds is 4. The van der Waals surface area contributed by atoms with E-state index in [1.165, 1.54) is 0 Å². The average molecular weight is 143 g/mol. The third-order valence-electron chi connectivity index (χ3n) is 1.40. The zero-order chi connectivity index (χ0) is 7.98. The first-order chi connectivity index (χ1) is 4.72. The molecule has 0 rings (SSSR count). The predicted molar refractivity (Wildman–Crippen MR) is 41.1 cm³/mol. The number of nitrogens with zero attached hydrogens (tertiary/aromatic N) is 3. The van der Waals surface area contributed by atoms with Gasteiger partial charge in [-0.2, -0.15) is 4.68 Å². The Balaban J connectivity index is 3.62. The van der Waals surface area contributed by atoms with E-state index in [1.807, 2.05) is 0 Å². The Morgan fingerprint density at radius 1 is 1.70 bits per heavy atom. The molecule has 0 aliphatic rings. The molecule has 0 aromatic carbocycles. The molecule has 0 saturated heterocycles. The number of hydrogen-bond acceptors (Lipinski definition) is 2. The first-order valence-corrected chi connectivity index (χ1v) is 3.36. The Morgan fingerprint density at radius 3 is 2.70 bits per heavy atom. The summed E-state index contributed by atoms with van der Waals surface area (Å²) in [5.41, 5.74) is 2.66. The van der Waals surface area contributed by atoms with Gasteiger partial charge in [-0.05, 0) is 18.9 Å². The third kappa shape index (κ3) is 3.17. The summed E-state index contributed by atoms with van der Waals surface area (Å²) in [6.45, 7) is 7.87. The largest absolute Gasteiger partial charge is 0.170 e. The first kappa shape index (κ1) is 9.07. The average Bonchev–Trinajstić information content (AvgIpc) is 1.98. The Labute approximate surface area is 61.6 Å². The van der Waals surface area contributed by atoms with E-state index in [0.29, 0.717) is 6.04 Å². The lowest BCUT2D eigenvalue weighted by Gasteiger charge is -2.05. The molecule has 0 fully saturated rings. The van der Waals surface area contributed by atoms with Crippen LogP contribution in [0.3, 0.4) is 0 Å². The van der Waals surface area contributed by atoms with Gasteiger partial charge in [0, 0.05) is 0 Å². The van der Waals surface area contributed by atoms with Gasteiger partial charge in [0.05, 0.1) is 13.8 Å². The maximum absolute atomic E-state index is 3.71. The van der Waals surface area contributed by atoms with Crippen molar-refractivity contribution in [1.82, 2.24) is 5.53 Å². The van der Waals surface area contributed by atoms with E-state index >= 15 is 0 Å². The minimum Gasteiger partial charge on any atom is -0.170 e. The zero-order valence-electron chi connectivity index (χ0n) is 6.83. The Kier molecular flexibility index (Phi) is 4.45. The van der Waals surface area contributed by atoms with Crippen molar-refractivity contribution in [3.8, 4) is 0 Å². The van der Waals surface area contributed by atoms with Crippen LogP contribution in [0.4, 0.5) is 0 Å². The van der Waals surface area contributed by atoms with E-state index < -0.39 is 0 Å². The molecule has 10 heavy (non-hydrogen) atoms. The van der Waals surface area contributed by atoms with Crippen LogP contribution >= 0.6 is 0 Å². The lowest BCUT2D eigenvalue weighted by molar-refractivity contribution is -0.613. The monoisotopic (exact) mass is 143 g/mol. The Hall–Kier alpha value is -0.930. The summed E-state index contributed by atoms with van der Waals surface area (Å²) in [5.74, 6) is 0. The Bertz CT molecular complexity index is 130. The molecule has 0 spiro atoms. The van der Waals surface area contributed by atoms with Gasteiger partial charge in [-0.15, -0.1) is 0 Å². The summed E-state index contributed by atoms with van der Waals surface area (Å²) in [4.78, 5) is 0. The normalized spacial score (nSPS) is 13.5. The van der Waals surface area contributed by atoms with Crippen LogP contribution in [0.2, 0.25) is 0 Å². The molecular formula is C6H15N4+. The van der Waals surface area contributed by atoms with Crippen molar-refractivity contribution in [2.45, 2.75) is 26.3 Å². The molecule has 0 saturated carbocycles. The number of hydrogen-bond donors (Lipinski definition) is 1. The predicted octanol–water partition coefficient (Wildman–Crippen LogP) is 1.000. The van der Waals surface area contributed by atoms with Gasteiger partial charge in [0.1, 0.15) is 6.04 Å². The lowest BCUT2D eigenvalue weighted by Crippen LogP contribution is -2.30. The minimum atomic E-state index is 0.380. The van der Waals surface area contributed by atoms with Crippen LogP contribution in [-0.4, -0.2) is 24.5 Å². The molecule has 4 heteroatoms. The van der Waals surface area contributed by atoms with Crippen LogP contribution in [-0.2, 0) is 0 Å². The molecule has 0 heterocycles. The van der Waals surface area contributed by atoms with E-state index in [0.717, 1.165) is 6.42 Å². The molecule has 1 unspecified atom stereocenters. The molecule has 0 bridgehead atoms. The molecule has 0 radical (unpaired) electrons. The summed E-state index contributed by atoms with van der Waals surface area (Å²) < 4.78 is 1.67. The van der Waals surface area contributed by atoms with Gasteiger partial charge >= 0.3 is 0 Å². The lowest BCUT2D eigenvalue weighted by atomic mass is 10.3. The summed E-state index contributed by atoms with van der Waals surface area (Å²) in [5, 5.41) is 7.10.